The van der Waals surface area contributed by atoms with E-state index in [9.17, 15) is 55.6 Å². The van der Waals surface area contributed by atoms with Crippen LogP contribution in [-0.4, -0.2) is 117 Å². The van der Waals surface area contributed by atoms with Gasteiger partial charge in [-0.1, -0.05) is 77.6 Å². The van der Waals surface area contributed by atoms with Crippen LogP contribution >= 0.6 is 11.3 Å². The Bertz CT molecular complexity index is 2040. The van der Waals surface area contributed by atoms with Crippen LogP contribution in [0.15, 0.2) is 22.9 Å². The summed E-state index contributed by atoms with van der Waals surface area (Å²) >= 11 is 0.310. The van der Waals surface area contributed by atoms with Crippen LogP contribution in [0.5, 0.6) is 0 Å². The number of anilines is 1. The van der Waals surface area contributed by atoms with Gasteiger partial charge < -0.3 is 27.0 Å². The summed E-state index contributed by atoms with van der Waals surface area (Å²) in [4.78, 5) is 113. The largest absolute Gasteiger partial charge is 0.342 e. The van der Waals surface area contributed by atoms with Crippen LogP contribution in [0.4, 0.5) is 13.9 Å². The van der Waals surface area contributed by atoms with Crippen molar-refractivity contribution in [2.75, 3.05) is 11.9 Å². The average Bonchev–Trinajstić information content (AvgIpc) is 3.69. The van der Waals surface area contributed by atoms with Gasteiger partial charge in [0.15, 0.2) is 0 Å². The van der Waals surface area contributed by atoms with Crippen LogP contribution in [0.2, 0.25) is 0 Å². The molecule has 0 bridgehead atoms. The minimum absolute atomic E-state index is 0.0164. The number of rotatable bonds is 22. The molecular formula is C37H53F2N11O10S2. The molecule has 0 radical (unpaired) electrons. The number of carbonyl (C=O) groups excluding carboxylic acids is 8. The molecule has 1 aliphatic rings. The van der Waals surface area contributed by atoms with E-state index in [1.54, 1.807) is 19.2 Å². The smallest absolute Gasteiger partial charge is 0.296 e. The summed E-state index contributed by atoms with van der Waals surface area (Å²) in [7, 11) is -5.21. The van der Waals surface area contributed by atoms with Gasteiger partial charge in [-0.05, 0) is 30.6 Å². The zero-order chi connectivity index (χ0) is 46.3. The molecule has 0 unspecified atom stereocenters. The molecule has 2 heterocycles. The molecule has 0 saturated heterocycles. The van der Waals surface area contributed by atoms with Crippen LogP contribution in [-0.2, 0) is 43.6 Å². The molecule has 62 heavy (non-hydrogen) atoms. The first kappa shape index (κ1) is 50.9. The van der Waals surface area contributed by atoms with Gasteiger partial charge in [0.25, 0.3) is 32.1 Å². The van der Waals surface area contributed by atoms with E-state index in [0.29, 0.717) is 30.6 Å². The number of halogens is 2. The Labute approximate surface area is 361 Å². The van der Waals surface area contributed by atoms with Crippen molar-refractivity contribution < 1.29 is 55.6 Å². The lowest BCUT2D eigenvalue weighted by atomic mass is 9.84. The minimum Gasteiger partial charge on any atom is -0.342 e. The Morgan fingerprint density at radius 3 is 2.18 bits per heavy atom. The first-order valence-electron chi connectivity index (χ1n) is 19.9. The number of amides is 7. The summed E-state index contributed by atoms with van der Waals surface area (Å²) in [5.41, 5.74) is 5.31. The van der Waals surface area contributed by atoms with Gasteiger partial charge >= 0.3 is 0 Å². The summed E-state index contributed by atoms with van der Waals surface area (Å²) < 4.78 is 53.2. The number of Topliss-reactive ketones (excluding diaryl/α,β-unsaturated/α-hetero) is 1. The topological polar surface area (TPSA) is 312 Å². The van der Waals surface area contributed by atoms with Crippen LogP contribution < -0.4 is 32.3 Å². The van der Waals surface area contributed by atoms with Crippen molar-refractivity contribution >= 4 is 73.6 Å². The van der Waals surface area contributed by atoms with E-state index in [4.69, 9.17) is 5.73 Å². The fraction of sp³-hybridized carbons (Fsp3) is 0.622. The zero-order valence-corrected chi connectivity index (χ0v) is 36.5. The number of nitrogens with zero attached hydrogens (tertiary/aromatic N) is 5. The van der Waals surface area contributed by atoms with E-state index in [0.717, 1.165) is 26.2 Å². The molecule has 0 spiro atoms. The second-order valence-corrected chi connectivity index (χ2v) is 18.3. The summed E-state index contributed by atoms with van der Waals surface area (Å²) in [6.45, 7) is 6.63. The molecule has 7 amide bonds. The van der Waals surface area contributed by atoms with Gasteiger partial charge in [0, 0.05) is 25.7 Å². The Hall–Kier alpha value is -5.43. The van der Waals surface area contributed by atoms with Crippen molar-refractivity contribution in [2.45, 2.75) is 127 Å². The highest BCUT2D eigenvalue weighted by atomic mass is 32.2. The van der Waals surface area contributed by atoms with Gasteiger partial charge in [-0.3, -0.25) is 48.7 Å². The van der Waals surface area contributed by atoms with Crippen LogP contribution in [0.3, 0.4) is 0 Å². The van der Waals surface area contributed by atoms with E-state index in [-0.39, 0.29) is 39.8 Å². The van der Waals surface area contributed by atoms with E-state index in [1.165, 1.54) is 18.6 Å². The highest BCUT2D eigenvalue weighted by Crippen LogP contribution is 2.30. The Morgan fingerprint density at radius 1 is 0.919 bits per heavy atom. The van der Waals surface area contributed by atoms with Crippen molar-refractivity contribution in [3.8, 4) is 0 Å². The Morgan fingerprint density at radius 2 is 1.60 bits per heavy atom. The molecule has 7 N–H and O–H groups in total. The van der Waals surface area contributed by atoms with Gasteiger partial charge in [0.2, 0.25) is 41.0 Å². The predicted molar refractivity (Wildman–Crippen MR) is 217 cm³/mol. The molecule has 21 nitrogen and oxygen atoms in total. The zero-order valence-electron chi connectivity index (χ0n) is 34.9. The Balaban J connectivity index is 2.03. The number of imide groups is 1. The number of alkyl halides is 2. The summed E-state index contributed by atoms with van der Waals surface area (Å²) in [6, 6.07) is -6.22. The van der Waals surface area contributed by atoms with Gasteiger partial charge in [0.1, 0.15) is 30.4 Å². The summed E-state index contributed by atoms with van der Waals surface area (Å²) in [5.74, 6) is -10.3. The third-order valence-electron chi connectivity index (χ3n) is 9.81. The first-order valence-corrected chi connectivity index (χ1v) is 22.2. The van der Waals surface area contributed by atoms with Crippen molar-refractivity contribution in [1.82, 2.24) is 45.7 Å². The number of nitrogens with two attached hydrogens (primary N) is 1. The normalized spacial score (nSPS) is 15.6. The summed E-state index contributed by atoms with van der Waals surface area (Å²) in [5, 5.41) is 18.6. The molecule has 5 atom stereocenters. The lowest BCUT2D eigenvalue weighted by Crippen LogP contribution is -2.60. The predicted octanol–water partition coefficient (Wildman–Crippen LogP) is 0.829. The average molecular weight is 914 g/mol. The fourth-order valence-electron chi connectivity index (χ4n) is 6.44. The lowest BCUT2D eigenvalue weighted by molar-refractivity contribution is -0.143. The second-order valence-electron chi connectivity index (χ2n) is 15.3. The third-order valence-corrected chi connectivity index (χ3v) is 12.7. The van der Waals surface area contributed by atoms with Gasteiger partial charge in [-0.25, -0.2) is 18.1 Å². The fourth-order valence-corrected chi connectivity index (χ4v) is 8.87. The SMILES string of the molecule is CC[C@H](C)[C@H](NC(=O)[C@H](CC(C)C)NC(=O)c1cnccn1)C(=O)N[C@@H](CC1CCCCC1)C(=O)N(CC(=O)NC(=O)C(=O)[C@@H](N)CC(F)F)S(=O)(=O)c1nnc(NC(C)=O)s1. The number of nitrogens with one attached hydrogen (secondary N) is 5. The molecule has 0 aromatic carbocycles. The molecule has 25 heteroatoms. The van der Waals surface area contributed by atoms with Crippen molar-refractivity contribution in [1.29, 1.82) is 0 Å². The molecule has 1 saturated carbocycles. The van der Waals surface area contributed by atoms with Gasteiger partial charge in [0.05, 0.1) is 12.2 Å². The number of hydrogen-bond donors (Lipinski definition) is 6. The first-order chi connectivity index (χ1) is 29.1. The van der Waals surface area contributed by atoms with Crippen molar-refractivity contribution in [3.63, 3.8) is 0 Å². The number of aromatic nitrogens is 4. The molecule has 2 aromatic rings. The van der Waals surface area contributed by atoms with Crippen LogP contribution in [0.1, 0.15) is 103 Å². The Kier molecular flexibility index (Phi) is 19.5. The van der Waals surface area contributed by atoms with Gasteiger partial charge in [-0.15, -0.1) is 10.2 Å². The highest BCUT2D eigenvalue weighted by Gasteiger charge is 2.41. The maximum Gasteiger partial charge on any atom is 0.296 e. The molecule has 3 rings (SSSR count). The summed E-state index contributed by atoms with van der Waals surface area (Å²) in [6.07, 6.45) is 3.48. The van der Waals surface area contributed by atoms with E-state index >= 15 is 0 Å². The minimum atomic E-state index is -5.21. The maximum absolute atomic E-state index is 14.6. The molecule has 342 valence electrons. The standard InChI is InChI=1S/C37H53F2N11O10S2/c1-6-20(4)29(47-31(54)24(14-19(2)3)44-32(55)26-17-41-12-13-42-26)33(56)45-25(15-22-10-8-7-9-11-22)35(58)50(62(59,60)37-49-48-36(61-37)43-21(5)51)18-28(52)46-34(57)30(53)23(40)16-27(38)39/h12-13,17,19-20,22-25,27,29H,6-11,14-16,18,40H2,1-5H3,(H,44,55)(H,45,56)(H,47,54)(H,43,48,51)(H,46,52,57)/t20-,23-,24-,25-,29-/m0/s1. The number of carbonyl (C=O) groups is 8. The number of sulfonamides is 1. The number of hydrogen-bond acceptors (Lipinski definition) is 16. The van der Waals surface area contributed by atoms with Crippen molar-refractivity contribution in [2.24, 2.45) is 23.5 Å². The van der Waals surface area contributed by atoms with E-state index in [1.807, 2.05) is 13.8 Å². The lowest BCUT2D eigenvalue weighted by Gasteiger charge is -2.32. The molecular weight excluding hydrogens is 861 g/mol. The van der Waals surface area contributed by atoms with Crippen LogP contribution in [0.25, 0.3) is 0 Å². The van der Waals surface area contributed by atoms with E-state index < -0.39 is 111 Å². The molecule has 1 aliphatic carbocycles. The van der Waals surface area contributed by atoms with Crippen molar-refractivity contribution in [3.05, 3.63) is 24.3 Å². The molecule has 1 fully saturated rings. The van der Waals surface area contributed by atoms with Gasteiger partial charge in [-0.2, -0.15) is 8.42 Å². The second kappa shape index (κ2) is 23.7. The van der Waals surface area contributed by atoms with E-state index in [2.05, 4.69) is 41.4 Å². The monoisotopic (exact) mass is 913 g/mol. The maximum atomic E-state index is 14.6. The molecule has 2 aromatic heterocycles. The number of ketones is 1. The molecule has 0 aliphatic heterocycles. The quantitative estimate of drug-likeness (QED) is 0.0704. The third kappa shape index (κ3) is 15.2. The van der Waals surface area contributed by atoms with Crippen LogP contribution in [0, 0.1) is 17.8 Å². The highest BCUT2D eigenvalue weighted by molar-refractivity contribution is 7.91.